The molecule has 0 heterocycles. The number of aryl methyl sites for hydroxylation is 1. The van der Waals surface area contributed by atoms with E-state index in [0.29, 0.717) is 18.0 Å². The fourth-order valence-electron chi connectivity index (χ4n) is 2.68. The lowest BCUT2D eigenvalue weighted by Crippen LogP contribution is -2.15. The van der Waals surface area contributed by atoms with Gasteiger partial charge in [-0.15, -0.1) is 0 Å². The van der Waals surface area contributed by atoms with Crippen molar-refractivity contribution in [2.24, 2.45) is 0 Å². The summed E-state index contributed by atoms with van der Waals surface area (Å²) in [4.78, 5) is 12.8. The number of halogens is 1. The lowest BCUT2D eigenvalue weighted by molar-refractivity contribution is 0.102. The van der Waals surface area contributed by atoms with Gasteiger partial charge in [-0.3, -0.25) is 9.52 Å². The Morgan fingerprint density at radius 3 is 2.32 bits per heavy atom. The molecule has 31 heavy (non-hydrogen) atoms. The van der Waals surface area contributed by atoms with Crippen LogP contribution in [0.5, 0.6) is 5.75 Å². The average Bonchev–Trinajstić information content (AvgIpc) is 2.74. The van der Waals surface area contributed by atoms with E-state index in [0.717, 1.165) is 5.56 Å². The number of carbonyl (C=O) groups excluding carboxylic acids is 1. The number of anilines is 2. The highest BCUT2D eigenvalue weighted by molar-refractivity contribution is 7.92. The van der Waals surface area contributed by atoms with Gasteiger partial charge < -0.3 is 10.1 Å². The monoisotopic (exact) mass is 456 g/mol. The molecule has 0 fully saturated rings. The zero-order valence-electron chi connectivity index (χ0n) is 16.8. The van der Waals surface area contributed by atoms with Crippen LogP contribution < -0.4 is 14.8 Å². The molecular weight excluding hydrogens is 436 g/mol. The molecule has 0 radical (unpaired) electrons. The van der Waals surface area contributed by atoms with Crippen LogP contribution >= 0.6 is 11.6 Å². The molecule has 8 heteroatoms. The molecule has 0 saturated carbocycles. The molecule has 3 aromatic carbocycles. The Bertz CT molecular complexity index is 1190. The van der Waals surface area contributed by atoms with Crippen molar-refractivity contribution in [2.75, 3.05) is 16.6 Å². The van der Waals surface area contributed by atoms with Crippen LogP contribution in [0.4, 0.5) is 11.4 Å². The Kier molecular flexibility index (Phi) is 6.99. The van der Waals surface area contributed by atoms with Gasteiger partial charge in [0, 0.05) is 11.4 Å². The van der Waals surface area contributed by atoms with E-state index in [9.17, 15) is 13.2 Å². The molecule has 0 aromatic heterocycles. The first-order chi connectivity index (χ1) is 14.8. The van der Waals surface area contributed by atoms with Gasteiger partial charge in [-0.1, -0.05) is 42.0 Å². The molecule has 0 atom stereocenters. The van der Waals surface area contributed by atoms with Gasteiger partial charge >= 0.3 is 0 Å². The molecular formula is C23H21ClN2O4S. The maximum absolute atomic E-state index is 12.7. The zero-order valence-corrected chi connectivity index (χ0v) is 18.3. The summed E-state index contributed by atoms with van der Waals surface area (Å²) >= 11 is 6.18. The van der Waals surface area contributed by atoms with E-state index >= 15 is 0 Å². The smallest absolute Gasteiger partial charge is 0.261 e. The van der Waals surface area contributed by atoms with Gasteiger partial charge in [-0.05, 0) is 61.5 Å². The summed E-state index contributed by atoms with van der Waals surface area (Å²) < 4.78 is 33.1. The minimum absolute atomic E-state index is 0.123. The fourth-order valence-corrected chi connectivity index (χ4v) is 3.94. The normalized spacial score (nSPS) is 10.9. The van der Waals surface area contributed by atoms with Gasteiger partial charge in [-0.2, -0.15) is 0 Å². The van der Waals surface area contributed by atoms with Gasteiger partial charge in [0.2, 0.25) is 0 Å². The molecule has 3 aromatic rings. The van der Waals surface area contributed by atoms with E-state index in [1.165, 1.54) is 30.3 Å². The molecule has 1 amide bonds. The highest BCUT2D eigenvalue weighted by Crippen LogP contribution is 2.25. The predicted molar refractivity (Wildman–Crippen MR) is 124 cm³/mol. The summed E-state index contributed by atoms with van der Waals surface area (Å²) in [6.07, 6.45) is 1.64. The van der Waals surface area contributed by atoms with Gasteiger partial charge in [0.1, 0.15) is 12.4 Å². The van der Waals surface area contributed by atoms with Crippen molar-refractivity contribution in [2.45, 2.75) is 11.8 Å². The van der Waals surface area contributed by atoms with E-state index in [1.807, 2.05) is 6.92 Å². The van der Waals surface area contributed by atoms with Crippen LogP contribution in [0.25, 0.3) is 0 Å². The van der Waals surface area contributed by atoms with E-state index in [-0.39, 0.29) is 21.2 Å². The lowest BCUT2D eigenvalue weighted by atomic mass is 10.2. The minimum Gasteiger partial charge on any atom is -0.490 e. The van der Waals surface area contributed by atoms with Gasteiger partial charge in [0.15, 0.2) is 0 Å². The van der Waals surface area contributed by atoms with Crippen molar-refractivity contribution in [3.8, 4) is 5.75 Å². The molecule has 0 aliphatic rings. The van der Waals surface area contributed by atoms with Crippen LogP contribution in [-0.2, 0) is 10.0 Å². The third-order valence-corrected chi connectivity index (χ3v) is 6.00. The molecule has 0 spiro atoms. The summed E-state index contributed by atoms with van der Waals surface area (Å²) in [6.45, 7) is 5.84. The molecule has 0 aliphatic heterocycles. The van der Waals surface area contributed by atoms with Crippen molar-refractivity contribution < 1.29 is 17.9 Å². The van der Waals surface area contributed by atoms with Crippen molar-refractivity contribution in [3.63, 3.8) is 0 Å². The van der Waals surface area contributed by atoms with Gasteiger partial charge in [0.05, 0.1) is 15.5 Å². The number of hydrogen-bond donors (Lipinski definition) is 2. The Morgan fingerprint density at radius 1 is 1.03 bits per heavy atom. The number of amides is 1. The molecule has 160 valence electrons. The van der Waals surface area contributed by atoms with E-state index in [2.05, 4.69) is 16.6 Å². The van der Waals surface area contributed by atoms with Crippen molar-refractivity contribution in [3.05, 3.63) is 95.5 Å². The second-order valence-corrected chi connectivity index (χ2v) is 8.78. The highest BCUT2D eigenvalue weighted by Gasteiger charge is 2.17. The topological polar surface area (TPSA) is 84.5 Å². The minimum atomic E-state index is -3.80. The van der Waals surface area contributed by atoms with Crippen LogP contribution in [0.3, 0.4) is 0 Å². The summed E-state index contributed by atoms with van der Waals surface area (Å²) in [6, 6.07) is 17.6. The molecule has 0 saturated heterocycles. The molecule has 0 unspecified atom stereocenters. The van der Waals surface area contributed by atoms with E-state index in [4.69, 9.17) is 16.3 Å². The number of nitrogens with one attached hydrogen (secondary N) is 2. The summed E-state index contributed by atoms with van der Waals surface area (Å²) in [7, 11) is -3.80. The van der Waals surface area contributed by atoms with E-state index < -0.39 is 15.9 Å². The summed E-state index contributed by atoms with van der Waals surface area (Å²) in [5.74, 6) is 0.171. The Balaban J connectivity index is 1.76. The van der Waals surface area contributed by atoms with E-state index in [1.54, 1.807) is 42.5 Å². The molecule has 2 N–H and O–H groups in total. The lowest BCUT2D eigenvalue weighted by Gasteiger charge is -2.12. The molecule has 0 aliphatic carbocycles. The quantitative estimate of drug-likeness (QED) is 0.452. The van der Waals surface area contributed by atoms with Crippen LogP contribution in [0.15, 0.2) is 84.3 Å². The third-order valence-electron chi connectivity index (χ3n) is 4.27. The Morgan fingerprint density at radius 2 is 1.68 bits per heavy atom. The largest absolute Gasteiger partial charge is 0.490 e. The second-order valence-electron chi connectivity index (χ2n) is 6.69. The first-order valence-corrected chi connectivity index (χ1v) is 11.2. The Hall–Kier alpha value is -3.29. The van der Waals surface area contributed by atoms with Crippen LogP contribution in [0, 0.1) is 6.92 Å². The van der Waals surface area contributed by atoms with Crippen molar-refractivity contribution in [1.29, 1.82) is 0 Å². The average molecular weight is 457 g/mol. The van der Waals surface area contributed by atoms with Gasteiger partial charge in [-0.25, -0.2) is 8.42 Å². The van der Waals surface area contributed by atoms with Crippen LogP contribution in [-0.4, -0.2) is 20.9 Å². The number of benzene rings is 3. The zero-order chi connectivity index (χ0) is 22.4. The second kappa shape index (κ2) is 9.68. The number of ether oxygens (including phenoxy) is 1. The summed E-state index contributed by atoms with van der Waals surface area (Å²) in [5.41, 5.74) is 1.85. The maximum atomic E-state index is 12.7. The van der Waals surface area contributed by atoms with Gasteiger partial charge in [0.25, 0.3) is 15.9 Å². The molecule has 0 bridgehead atoms. The van der Waals surface area contributed by atoms with Crippen LogP contribution in [0.2, 0.25) is 5.02 Å². The fraction of sp³-hybridized carbons (Fsp3) is 0.0870. The first kappa shape index (κ1) is 22.4. The first-order valence-electron chi connectivity index (χ1n) is 9.32. The SMILES string of the molecule is C=CCOc1ccc(NC(=O)c2cc(NS(=O)(=O)c3ccc(C)cc3)ccc2Cl)cc1. The number of carbonyl (C=O) groups is 1. The standard InChI is InChI=1S/C23H21ClN2O4S/c1-3-14-30-19-9-6-17(7-10-19)25-23(27)21-15-18(8-13-22(21)24)26-31(28,29)20-11-4-16(2)5-12-20/h3-13,15,26H,1,14H2,2H3,(H,25,27). The third kappa shape index (κ3) is 5.87. The maximum Gasteiger partial charge on any atom is 0.261 e. The number of sulfonamides is 1. The summed E-state index contributed by atoms with van der Waals surface area (Å²) in [5, 5.41) is 2.93. The Labute approximate surface area is 186 Å². The highest BCUT2D eigenvalue weighted by atomic mass is 35.5. The molecule has 6 nitrogen and oxygen atoms in total. The van der Waals surface area contributed by atoms with Crippen LogP contribution in [0.1, 0.15) is 15.9 Å². The number of hydrogen-bond acceptors (Lipinski definition) is 4. The molecule has 3 rings (SSSR count). The van der Waals surface area contributed by atoms with Crippen molar-refractivity contribution in [1.82, 2.24) is 0 Å². The van der Waals surface area contributed by atoms with Crippen molar-refractivity contribution >= 4 is 38.9 Å². The number of rotatable bonds is 8. The predicted octanol–water partition coefficient (Wildman–Crippen LogP) is 5.27.